The molecule has 0 heterocycles. The van der Waals surface area contributed by atoms with Crippen molar-refractivity contribution >= 4 is 17.5 Å². The molecule has 0 bridgehead atoms. The highest BCUT2D eigenvalue weighted by atomic mass is 16.2. The fourth-order valence-electron chi connectivity index (χ4n) is 2.52. The molecule has 4 nitrogen and oxygen atoms in total. The SMILES string of the molecule is CC(=O)N(CCC(=O)NCc1cccc(C)c1)c1ccc(C)cc1. The van der Waals surface area contributed by atoms with Crippen molar-refractivity contribution in [3.8, 4) is 0 Å². The summed E-state index contributed by atoms with van der Waals surface area (Å²) in [6, 6.07) is 15.8. The Bertz CT molecular complexity index is 708. The van der Waals surface area contributed by atoms with Gasteiger partial charge in [-0.1, -0.05) is 47.5 Å². The number of carbonyl (C=O) groups excluding carboxylic acids is 2. The largest absolute Gasteiger partial charge is 0.352 e. The van der Waals surface area contributed by atoms with Crippen LogP contribution in [0.1, 0.15) is 30.0 Å². The van der Waals surface area contributed by atoms with Crippen molar-refractivity contribution in [1.29, 1.82) is 0 Å². The van der Waals surface area contributed by atoms with Gasteiger partial charge in [-0.25, -0.2) is 0 Å². The van der Waals surface area contributed by atoms with E-state index >= 15 is 0 Å². The molecule has 0 aromatic heterocycles. The van der Waals surface area contributed by atoms with Crippen LogP contribution in [0.5, 0.6) is 0 Å². The molecule has 0 spiro atoms. The molecule has 4 heteroatoms. The molecule has 0 fully saturated rings. The highest BCUT2D eigenvalue weighted by Crippen LogP contribution is 2.15. The minimum absolute atomic E-state index is 0.0603. The van der Waals surface area contributed by atoms with Crippen LogP contribution in [0.2, 0.25) is 0 Å². The van der Waals surface area contributed by atoms with Crippen molar-refractivity contribution in [3.63, 3.8) is 0 Å². The van der Waals surface area contributed by atoms with E-state index in [1.807, 2.05) is 56.3 Å². The van der Waals surface area contributed by atoms with E-state index in [1.165, 1.54) is 12.5 Å². The zero-order valence-corrected chi connectivity index (χ0v) is 14.5. The number of rotatable bonds is 6. The van der Waals surface area contributed by atoms with Gasteiger partial charge < -0.3 is 10.2 Å². The van der Waals surface area contributed by atoms with Gasteiger partial charge in [-0.2, -0.15) is 0 Å². The van der Waals surface area contributed by atoms with Gasteiger partial charge in [-0.05, 0) is 31.5 Å². The fraction of sp³-hybridized carbons (Fsp3) is 0.300. The number of amides is 2. The summed E-state index contributed by atoms with van der Waals surface area (Å²) in [5.41, 5.74) is 4.20. The maximum atomic E-state index is 12.1. The van der Waals surface area contributed by atoms with Gasteiger partial charge in [0.1, 0.15) is 0 Å². The molecule has 0 aliphatic heterocycles. The lowest BCUT2D eigenvalue weighted by molar-refractivity contribution is -0.121. The Labute approximate surface area is 143 Å². The summed E-state index contributed by atoms with van der Waals surface area (Å²) in [4.78, 5) is 25.5. The Morgan fingerprint density at radius 1 is 1.00 bits per heavy atom. The van der Waals surface area contributed by atoms with E-state index in [4.69, 9.17) is 0 Å². The van der Waals surface area contributed by atoms with Crippen molar-refractivity contribution in [3.05, 3.63) is 65.2 Å². The van der Waals surface area contributed by atoms with Gasteiger partial charge in [0.25, 0.3) is 0 Å². The van der Waals surface area contributed by atoms with Gasteiger partial charge in [0.05, 0.1) is 0 Å². The van der Waals surface area contributed by atoms with Crippen LogP contribution < -0.4 is 10.2 Å². The van der Waals surface area contributed by atoms with Crippen LogP contribution in [0.3, 0.4) is 0 Å². The molecule has 0 saturated carbocycles. The summed E-state index contributed by atoms with van der Waals surface area (Å²) in [7, 11) is 0. The predicted molar refractivity (Wildman–Crippen MR) is 96.8 cm³/mol. The van der Waals surface area contributed by atoms with Gasteiger partial charge in [0.2, 0.25) is 11.8 Å². The second-order valence-electron chi connectivity index (χ2n) is 6.02. The Balaban J connectivity index is 1.88. The zero-order valence-electron chi connectivity index (χ0n) is 14.5. The highest BCUT2D eigenvalue weighted by Gasteiger charge is 2.13. The normalized spacial score (nSPS) is 10.3. The van der Waals surface area contributed by atoms with Crippen LogP contribution in [0.4, 0.5) is 5.69 Å². The third-order valence-corrected chi connectivity index (χ3v) is 3.86. The molecule has 2 amide bonds. The average Bonchev–Trinajstić information content (AvgIpc) is 2.54. The summed E-state index contributed by atoms with van der Waals surface area (Å²) in [6.45, 7) is 6.42. The molecule has 2 aromatic carbocycles. The van der Waals surface area contributed by atoms with Gasteiger partial charge in [0.15, 0.2) is 0 Å². The summed E-state index contributed by atoms with van der Waals surface area (Å²) in [5, 5.41) is 2.90. The lowest BCUT2D eigenvalue weighted by Gasteiger charge is -2.21. The summed E-state index contributed by atoms with van der Waals surface area (Å²) >= 11 is 0. The van der Waals surface area contributed by atoms with Gasteiger partial charge >= 0.3 is 0 Å². The van der Waals surface area contributed by atoms with Gasteiger partial charge in [-0.15, -0.1) is 0 Å². The van der Waals surface area contributed by atoms with Crippen molar-refractivity contribution in [2.24, 2.45) is 0 Å². The smallest absolute Gasteiger partial charge is 0.223 e. The Kier molecular flexibility index (Phi) is 6.13. The number of benzene rings is 2. The Hall–Kier alpha value is -2.62. The number of nitrogens with zero attached hydrogens (tertiary/aromatic N) is 1. The van der Waals surface area contributed by atoms with Crippen LogP contribution in [-0.2, 0) is 16.1 Å². The van der Waals surface area contributed by atoms with Crippen LogP contribution in [-0.4, -0.2) is 18.4 Å². The number of hydrogen-bond donors (Lipinski definition) is 1. The maximum absolute atomic E-state index is 12.1. The van der Waals surface area contributed by atoms with E-state index < -0.39 is 0 Å². The quantitative estimate of drug-likeness (QED) is 0.886. The minimum atomic E-state index is -0.0645. The molecule has 2 aromatic rings. The van der Waals surface area contributed by atoms with Crippen LogP contribution in [0, 0.1) is 13.8 Å². The van der Waals surface area contributed by atoms with Gasteiger partial charge in [0, 0.05) is 32.1 Å². The third kappa shape index (κ3) is 5.23. The van der Waals surface area contributed by atoms with Crippen molar-refractivity contribution in [2.75, 3.05) is 11.4 Å². The standard InChI is InChI=1S/C20H24N2O2/c1-15-7-9-19(10-8-15)22(17(3)23)12-11-20(24)21-14-18-6-4-5-16(2)13-18/h4-10,13H,11-12,14H2,1-3H3,(H,21,24). The molecular formula is C20H24N2O2. The lowest BCUT2D eigenvalue weighted by Crippen LogP contribution is -2.33. The number of hydrogen-bond acceptors (Lipinski definition) is 2. The van der Waals surface area contributed by atoms with Crippen molar-refractivity contribution < 1.29 is 9.59 Å². The number of aryl methyl sites for hydroxylation is 2. The molecular weight excluding hydrogens is 300 g/mol. The summed E-state index contributed by atoms with van der Waals surface area (Å²) in [6.07, 6.45) is 0.277. The minimum Gasteiger partial charge on any atom is -0.352 e. The van der Waals surface area contributed by atoms with E-state index in [0.717, 1.165) is 16.8 Å². The molecule has 1 N–H and O–H groups in total. The first-order valence-electron chi connectivity index (χ1n) is 8.13. The first kappa shape index (κ1) is 17.7. The fourth-order valence-corrected chi connectivity index (χ4v) is 2.52. The molecule has 24 heavy (non-hydrogen) atoms. The highest BCUT2D eigenvalue weighted by molar-refractivity contribution is 5.92. The first-order valence-corrected chi connectivity index (χ1v) is 8.13. The monoisotopic (exact) mass is 324 g/mol. The summed E-state index contributed by atoms with van der Waals surface area (Å²) in [5.74, 6) is -0.125. The van der Waals surface area contributed by atoms with Crippen LogP contribution >= 0.6 is 0 Å². The molecule has 0 atom stereocenters. The molecule has 2 rings (SSSR count). The second-order valence-corrected chi connectivity index (χ2v) is 6.02. The molecule has 0 radical (unpaired) electrons. The van der Waals surface area contributed by atoms with E-state index in [9.17, 15) is 9.59 Å². The summed E-state index contributed by atoms with van der Waals surface area (Å²) < 4.78 is 0. The van der Waals surface area contributed by atoms with E-state index in [0.29, 0.717) is 13.1 Å². The molecule has 0 unspecified atom stereocenters. The lowest BCUT2D eigenvalue weighted by atomic mass is 10.1. The molecule has 126 valence electrons. The average molecular weight is 324 g/mol. The van der Waals surface area contributed by atoms with Crippen molar-refractivity contribution in [2.45, 2.75) is 33.7 Å². The van der Waals surface area contributed by atoms with E-state index in [1.54, 1.807) is 4.90 Å². The number of anilines is 1. The molecule has 0 aliphatic rings. The Morgan fingerprint density at radius 3 is 2.33 bits per heavy atom. The molecule has 0 aliphatic carbocycles. The second kappa shape index (κ2) is 8.29. The van der Waals surface area contributed by atoms with Crippen molar-refractivity contribution in [1.82, 2.24) is 5.32 Å². The maximum Gasteiger partial charge on any atom is 0.223 e. The number of carbonyl (C=O) groups is 2. The number of nitrogens with one attached hydrogen (secondary N) is 1. The first-order chi connectivity index (χ1) is 11.5. The van der Waals surface area contributed by atoms with Crippen LogP contribution in [0.15, 0.2) is 48.5 Å². The Morgan fingerprint density at radius 2 is 1.71 bits per heavy atom. The third-order valence-electron chi connectivity index (χ3n) is 3.86. The van der Waals surface area contributed by atoms with E-state index in [2.05, 4.69) is 11.4 Å². The molecule has 0 saturated heterocycles. The zero-order chi connectivity index (χ0) is 17.5. The van der Waals surface area contributed by atoms with Gasteiger partial charge in [-0.3, -0.25) is 9.59 Å². The van der Waals surface area contributed by atoms with E-state index in [-0.39, 0.29) is 18.2 Å². The van der Waals surface area contributed by atoms with Crippen LogP contribution in [0.25, 0.3) is 0 Å². The predicted octanol–water partition coefficient (Wildman–Crippen LogP) is 3.36. The topological polar surface area (TPSA) is 49.4 Å².